The molecule has 1 atom stereocenters. The smallest absolute Gasteiger partial charge is 0.333 e. The summed E-state index contributed by atoms with van der Waals surface area (Å²) in [6.45, 7) is 8.77. The Morgan fingerprint density at radius 1 is 1.47 bits per heavy atom. The van der Waals surface area contributed by atoms with E-state index in [0.717, 1.165) is 12.5 Å². The summed E-state index contributed by atoms with van der Waals surface area (Å²) in [4.78, 5) is 13.5. The molecule has 1 saturated carbocycles. The Bertz CT molecular complexity index is 269. The van der Waals surface area contributed by atoms with Crippen LogP contribution in [-0.4, -0.2) is 37.1 Å². The lowest BCUT2D eigenvalue weighted by atomic mass is 9.99. The first-order valence-electron chi connectivity index (χ1n) is 6.55. The normalized spacial score (nSPS) is 18.4. The quantitative estimate of drug-likeness (QED) is 0.527. The highest BCUT2D eigenvalue weighted by Gasteiger charge is 2.24. The van der Waals surface area contributed by atoms with Crippen LogP contribution in [0.3, 0.4) is 0 Å². The van der Waals surface area contributed by atoms with E-state index >= 15 is 0 Å². The molecule has 0 spiro atoms. The highest BCUT2D eigenvalue weighted by atomic mass is 16.5. The van der Waals surface area contributed by atoms with E-state index in [0.29, 0.717) is 18.2 Å². The molecule has 0 bridgehead atoms. The summed E-state index contributed by atoms with van der Waals surface area (Å²) in [5.74, 6) is 0.531. The van der Waals surface area contributed by atoms with Gasteiger partial charge in [0.25, 0.3) is 0 Å². The van der Waals surface area contributed by atoms with E-state index in [1.54, 1.807) is 6.92 Å². The van der Waals surface area contributed by atoms with Gasteiger partial charge in [0.1, 0.15) is 6.61 Å². The number of carbonyl (C=O) groups excluding carboxylic acids is 1. The number of ether oxygens (including phenoxy) is 1. The lowest BCUT2D eigenvalue weighted by Gasteiger charge is -2.29. The highest BCUT2D eigenvalue weighted by molar-refractivity contribution is 5.86. The van der Waals surface area contributed by atoms with Gasteiger partial charge in [-0.2, -0.15) is 0 Å². The monoisotopic (exact) mass is 239 g/mol. The highest BCUT2D eigenvalue weighted by Crippen LogP contribution is 2.29. The molecule has 0 heterocycles. The second-order valence-corrected chi connectivity index (χ2v) is 5.18. The van der Waals surface area contributed by atoms with Crippen LogP contribution in [-0.2, 0) is 9.53 Å². The zero-order valence-corrected chi connectivity index (χ0v) is 11.4. The summed E-state index contributed by atoms with van der Waals surface area (Å²) in [7, 11) is 2.11. The Morgan fingerprint density at radius 2 is 2.06 bits per heavy atom. The molecule has 0 aliphatic heterocycles. The number of likely N-dealkylation sites (N-methyl/N-ethyl adjacent to an activating group) is 1. The molecule has 3 nitrogen and oxygen atoms in total. The first-order chi connectivity index (χ1) is 8.02. The van der Waals surface area contributed by atoms with E-state index in [1.807, 2.05) is 0 Å². The van der Waals surface area contributed by atoms with Crippen LogP contribution in [0.1, 0.15) is 39.5 Å². The number of hydrogen-bond donors (Lipinski definition) is 0. The summed E-state index contributed by atoms with van der Waals surface area (Å²) in [5, 5.41) is 0. The fraction of sp³-hybridized carbons (Fsp3) is 0.786. The third kappa shape index (κ3) is 4.50. The summed E-state index contributed by atoms with van der Waals surface area (Å²) < 4.78 is 5.11. The molecule has 1 aliphatic carbocycles. The number of nitrogens with zero attached hydrogens (tertiary/aromatic N) is 1. The van der Waals surface area contributed by atoms with Crippen LogP contribution in [0, 0.1) is 5.92 Å². The lowest BCUT2D eigenvalue weighted by Crippen LogP contribution is -2.37. The van der Waals surface area contributed by atoms with Crippen LogP contribution < -0.4 is 0 Å². The zero-order chi connectivity index (χ0) is 12.8. The van der Waals surface area contributed by atoms with E-state index in [4.69, 9.17) is 4.74 Å². The molecule has 17 heavy (non-hydrogen) atoms. The van der Waals surface area contributed by atoms with Crippen LogP contribution in [0.2, 0.25) is 0 Å². The van der Waals surface area contributed by atoms with E-state index in [9.17, 15) is 4.79 Å². The Morgan fingerprint density at radius 3 is 2.59 bits per heavy atom. The van der Waals surface area contributed by atoms with Gasteiger partial charge < -0.3 is 9.64 Å². The van der Waals surface area contributed by atoms with Gasteiger partial charge in [0.15, 0.2) is 0 Å². The molecule has 1 aliphatic rings. The van der Waals surface area contributed by atoms with Crippen molar-refractivity contribution >= 4 is 5.97 Å². The standard InChI is InChI=1S/C14H25NO2/c1-11(2)14(16)17-10-9-15(4)12(3)13-7-5-6-8-13/h12-13H,1,5-10H2,2-4H3/t12-/m0/s1. The number of rotatable bonds is 6. The van der Waals surface area contributed by atoms with E-state index in [1.165, 1.54) is 25.7 Å². The van der Waals surface area contributed by atoms with Crippen molar-refractivity contribution in [3.8, 4) is 0 Å². The van der Waals surface area contributed by atoms with Gasteiger partial charge in [0, 0.05) is 18.2 Å². The third-order valence-corrected chi connectivity index (χ3v) is 3.80. The molecule has 0 aromatic carbocycles. The van der Waals surface area contributed by atoms with Gasteiger partial charge in [-0.1, -0.05) is 19.4 Å². The van der Waals surface area contributed by atoms with Gasteiger partial charge in [0.2, 0.25) is 0 Å². The summed E-state index contributed by atoms with van der Waals surface area (Å²) in [5.41, 5.74) is 0.469. The van der Waals surface area contributed by atoms with Gasteiger partial charge in [0.05, 0.1) is 0 Å². The molecule has 1 rings (SSSR count). The predicted molar refractivity (Wildman–Crippen MR) is 69.8 cm³/mol. The molecular weight excluding hydrogens is 214 g/mol. The second kappa shape index (κ2) is 6.80. The number of esters is 1. The molecule has 0 radical (unpaired) electrons. The molecule has 3 heteroatoms. The third-order valence-electron chi connectivity index (χ3n) is 3.80. The van der Waals surface area contributed by atoms with Crippen LogP contribution in [0.5, 0.6) is 0 Å². The number of carbonyl (C=O) groups is 1. The molecule has 1 fully saturated rings. The van der Waals surface area contributed by atoms with Crippen molar-refractivity contribution < 1.29 is 9.53 Å². The lowest BCUT2D eigenvalue weighted by molar-refractivity contribution is -0.139. The molecule has 0 aromatic rings. The van der Waals surface area contributed by atoms with E-state index in [2.05, 4.69) is 25.5 Å². The van der Waals surface area contributed by atoms with Crippen molar-refractivity contribution in [3.63, 3.8) is 0 Å². The van der Waals surface area contributed by atoms with Gasteiger partial charge in [-0.3, -0.25) is 0 Å². The maximum Gasteiger partial charge on any atom is 0.333 e. The first-order valence-corrected chi connectivity index (χ1v) is 6.55. The maximum atomic E-state index is 11.2. The van der Waals surface area contributed by atoms with Crippen LogP contribution in [0.15, 0.2) is 12.2 Å². The maximum absolute atomic E-state index is 11.2. The van der Waals surface area contributed by atoms with Gasteiger partial charge in [-0.05, 0) is 39.7 Å². The minimum atomic E-state index is -0.285. The van der Waals surface area contributed by atoms with Gasteiger partial charge >= 0.3 is 5.97 Å². The Balaban J connectivity index is 2.21. The minimum Gasteiger partial charge on any atom is -0.461 e. The van der Waals surface area contributed by atoms with Crippen molar-refractivity contribution in [2.75, 3.05) is 20.2 Å². The fourth-order valence-corrected chi connectivity index (χ4v) is 2.41. The zero-order valence-electron chi connectivity index (χ0n) is 11.4. The molecule has 98 valence electrons. The van der Waals surface area contributed by atoms with Gasteiger partial charge in [-0.15, -0.1) is 0 Å². The Hall–Kier alpha value is -0.830. The van der Waals surface area contributed by atoms with Crippen LogP contribution >= 0.6 is 0 Å². The van der Waals surface area contributed by atoms with E-state index in [-0.39, 0.29) is 5.97 Å². The van der Waals surface area contributed by atoms with Crippen LogP contribution in [0.25, 0.3) is 0 Å². The molecular formula is C14H25NO2. The van der Waals surface area contributed by atoms with Crippen molar-refractivity contribution in [2.24, 2.45) is 5.92 Å². The SMILES string of the molecule is C=C(C)C(=O)OCCN(C)[C@@H](C)C1CCCC1. The average molecular weight is 239 g/mol. The predicted octanol–water partition coefficient (Wildman–Crippen LogP) is 2.62. The summed E-state index contributed by atoms with van der Waals surface area (Å²) in [6, 6.07) is 0.584. The molecule has 0 unspecified atom stereocenters. The Kier molecular flexibility index (Phi) is 5.69. The van der Waals surface area contributed by atoms with Crippen molar-refractivity contribution in [3.05, 3.63) is 12.2 Å². The molecule has 0 saturated heterocycles. The van der Waals surface area contributed by atoms with Crippen molar-refractivity contribution in [1.82, 2.24) is 4.90 Å². The summed E-state index contributed by atoms with van der Waals surface area (Å²) >= 11 is 0. The molecule has 0 amide bonds. The minimum absolute atomic E-state index is 0.285. The molecule has 0 aromatic heterocycles. The van der Waals surface area contributed by atoms with Gasteiger partial charge in [-0.25, -0.2) is 4.79 Å². The molecule has 0 N–H and O–H groups in total. The first kappa shape index (κ1) is 14.2. The van der Waals surface area contributed by atoms with Crippen LogP contribution in [0.4, 0.5) is 0 Å². The topological polar surface area (TPSA) is 29.5 Å². The largest absolute Gasteiger partial charge is 0.461 e. The van der Waals surface area contributed by atoms with Crippen molar-refractivity contribution in [2.45, 2.75) is 45.6 Å². The fourth-order valence-electron chi connectivity index (χ4n) is 2.41. The van der Waals surface area contributed by atoms with Crippen molar-refractivity contribution in [1.29, 1.82) is 0 Å². The summed E-state index contributed by atoms with van der Waals surface area (Å²) in [6.07, 6.45) is 5.43. The Labute approximate surface area is 105 Å². The van der Waals surface area contributed by atoms with E-state index < -0.39 is 0 Å². The average Bonchev–Trinajstić information content (AvgIpc) is 2.80. The second-order valence-electron chi connectivity index (χ2n) is 5.18. The number of hydrogen-bond acceptors (Lipinski definition) is 3.